The molecule has 1 aromatic heterocycles. The van der Waals surface area contributed by atoms with E-state index < -0.39 is 23.2 Å². The molecule has 4 aromatic carbocycles. The summed E-state index contributed by atoms with van der Waals surface area (Å²) in [6, 6.07) is 24.5. The predicted octanol–water partition coefficient (Wildman–Crippen LogP) is 7.37. The lowest BCUT2D eigenvalue weighted by molar-refractivity contribution is 0.0489. The van der Waals surface area contributed by atoms with Crippen LogP contribution in [0.25, 0.3) is 27.6 Å². The Kier molecular flexibility index (Phi) is 11.2. The molecule has 0 fully saturated rings. The highest BCUT2D eigenvalue weighted by Crippen LogP contribution is 2.44. The number of nitrogens with zero attached hydrogens (tertiary/aromatic N) is 1. The topological polar surface area (TPSA) is 133 Å². The van der Waals surface area contributed by atoms with Crippen LogP contribution in [-0.4, -0.2) is 57.5 Å². The predicted molar refractivity (Wildman–Crippen MR) is 193 cm³/mol. The molecule has 0 saturated carbocycles. The number of fused-ring (bicyclic) bond motifs is 1. The summed E-state index contributed by atoms with van der Waals surface area (Å²) < 4.78 is 40.3. The van der Waals surface area contributed by atoms with Crippen LogP contribution in [0.4, 0.5) is 10.5 Å². The van der Waals surface area contributed by atoms with Gasteiger partial charge in [-0.15, -0.1) is 0 Å². The highest BCUT2D eigenvalue weighted by Gasteiger charge is 2.28. The van der Waals surface area contributed by atoms with Crippen LogP contribution in [0.15, 0.2) is 89.7 Å². The zero-order valence-corrected chi connectivity index (χ0v) is 29.5. The quantitative estimate of drug-likeness (QED) is 0.104. The van der Waals surface area contributed by atoms with Crippen LogP contribution in [0, 0.1) is 0 Å². The number of methoxy groups -OCH3 is 4. The first-order chi connectivity index (χ1) is 24.5. The molecule has 1 amide bonds. The summed E-state index contributed by atoms with van der Waals surface area (Å²) >= 11 is 0. The van der Waals surface area contributed by atoms with E-state index in [-0.39, 0.29) is 30.2 Å². The normalized spacial score (nSPS) is 11.1. The molecule has 51 heavy (non-hydrogen) atoms. The van der Waals surface area contributed by atoms with E-state index in [9.17, 15) is 14.4 Å². The zero-order chi connectivity index (χ0) is 36.7. The molecule has 5 aromatic rings. The first-order valence-corrected chi connectivity index (χ1v) is 15.9. The average molecular weight is 697 g/mol. The van der Waals surface area contributed by atoms with Gasteiger partial charge in [0.1, 0.15) is 23.7 Å². The first-order valence-electron chi connectivity index (χ1n) is 15.9. The third-order valence-corrected chi connectivity index (χ3v) is 7.62. The number of pyridine rings is 1. The lowest BCUT2D eigenvalue weighted by atomic mass is 9.95. The SMILES string of the molecule is COCOc1cc(-c2c(C(=O)OC)n(-c3ccc(NC(=O)OC(C)(C)C)cc3)c(=O)c3cc(OCc4ccccc4)ccc23)cc(OC)c1OC. The third-order valence-electron chi connectivity index (χ3n) is 7.62. The summed E-state index contributed by atoms with van der Waals surface area (Å²) in [6.07, 6.45) is -0.640. The minimum atomic E-state index is -0.779. The van der Waals surface area contributed by atoms with Crippen molar-refractivity contribution >= 4 is 28.5 Å². The van der Waals surface area contributed by atoms with Gasteiger partial charge in [0.05, 0.1) is 26.7 Å². The Hall–Kier alpha value is -6.01. The highest BCUT2D eigenvalue weighted by atomic mass is 16.7. The molecule has 12 heteroatoms. The number of rotatable bonds is 12. The van der Waals surface area contributed by atoms with Crippen molar-refractivity contribution in [3.8, 4) is 39.8 Å². The van der Waals surface area contributed by atoms with Crippen molar-refractivity contribution in [2.75, 3.05) is 40.5 Å². The van der Waals surface area contributed by atoms with Gasteiger partial charge < -0.3 is 33.2 Å². The Balaban J connectivity index is 1.77. The fourth-order valence-corrected chi connectivity index (χ4v) is 5.46. The summed E-state index contributed by atoms with van der Waals surface area (Å²) in [5.41, 5.74) is 1.23. The number of ether oxygens (including phenoxy) is 7. The van der Waals surface area contributed by atoms with Gasteiger partial charge in [0.15, 0.2) is 18.3 Å². The molecule has 0 atom stereocenters. The van der Waals surface area contributed by atoms with Crippen LogP contribution in [-0.2, 0) is 20.8 Å². The van der Waals surface area contributed by atoms with Gasteiger partial charge in [-0.3, -0.25) is 14.7 Å². The number of carbonyl (C=O) groups excluding carboxylic acids is 2. The summed E-state index contributed by atoms with van der Waals surface area (Å²) in [7, 11) is 5.68. The third kappa shape index (κ3) is 8.25. The van der Waals surface area contributed by atoms with Crippen molar-refractivity contribution in [3.63, 3.8) is 0 Å². The number of hydrogen-bond donors (Lipinski definition) is 1. The van der Waals surface area contributed by atoms with Crippen molar-refractivity contribution in [3.05, 3.63) is 107 Å². The molecule has 0 radical (unpaired) electrons. The second-order valence-corrected chi connectivity index (χ2v) is 12.3. The number of aromatic nitrogens is 1. The van der Waals surface area contributed by atoms with Gasteiger partial charge in [0.25, 0.3) is 5.56 Å². The smallest absolute Gasteiger partial charge is 0.412 e. The maximum absolute atomic E-state index is 14.6. The van der Waals surface area contributed by atoms with Gasteiger partial charge in [-0.05, 0) is 91.9 Å². The Morgan fingerprint density at radius 1 is 0.784 bits per heavy atom. The van der Waals surface area contributed by atoms with Crippen LogP contribution in [0.2, 0.25) is 0 Å². The Labute approximate surface area is 295 Å². The Bertz CT molecular complexity index is 2090. The minimum absolute atomic E-state index is 0.0642. The monoisotopic (exact) mass is 696 g/mol. The maximum atomic E-state index is 14.6. The summed E-state index contributed by atoms with van der Waals surface area (Å²) in [6.45, 7) is 5.46. The zero-order valence-electron chi connectivity index (χ0n) is 29.5. The molecular formula is C39H40N2O10. The van der Waals surface area contributed by atoms with Crippen molar-refractivity contribution in [2.45, 2.75) is 33.0 Å². The lowest BCUT2D eigenvalue weighted by Gasteiger charge is -2.21. The summed E-state index contributed by atoms with van der Waals surface area (Å²) in [4.78, 5) is 40.8. The maximum Gasteiger partial charge on any atom is 0.412 e. The van der Waals surface area contributed by atoms with Crippen molar-refractivity contribution < 1.29 is 42.7 Å². The van der Waals surface area contributed by atoms with E-state index in [0.717, 1.165) is 5.56 Å². The van der Waals surface area contributed by atoms with E-state index in [0.29, 0.717) is 45.1 Å². The molecule has 0 aliphatic heterocycles. The number of esters is 1. The number of benzene rings is 4. The number of hydrogen-bond acceptors (Lipinski definition) is 10. The van der Waals surface area contributed by atoms with Gasteiger partial charge in [0.2, 0.25) is 5.75 Å². The van der Waals surface area contributed by atoms with Gasteiger partial charge in [-0.25, -0.2) is 9.59 Å². The summed E-state index contributed by atoms with van der Waals surface area (Å²) in [5.74, 6) is 0.554. The Morgan fingerprint density at radius 2 is 1.49 bits per heavy atom. The van der Waals surface area contributed by atoms with Crippen LogP contribution in [0.5, 0.6) is 23.0 Å². The van der Waals surface area contributed by atoms with Crippen LogP contribution >= 0.6 is 0 Å². The molecule has 5 rings (SSSR count). The molecule has 1 heterocycles. The van der Waals surface area contributed by atoms with Gasteiger partial charge in [0, 0.05) is 24.0 Å². The van der Waals surface area contributed by atoms with Gasteiger partial charge in [-0.1, -0.05) is 30.3 Å². The highest BCUT2D eigenvalue weighted by molar-refractivity contribution is 6.08. The number of anilines is 1. The number of carbonyl (C=O) groups is 2. The van der Waals surface area contributed by atoms with Crippen LogP contribution in [0.3, 0.4) is 0 Å². The van der Waals surface area contributed by atoms with E-state index >= 15 is 0 Å². The fourth-order valence-electron chi connectivity index (χ4n) is 5.46. The van der Waals surface area contributed by atoms with Crippen molar-refractivity contribution in [1.29, 1.82) is 0 Å². The second-order valence-electron chi connectivity index (χ2n) is 12.3. The van der Waals surface area contributed by atoms with E-state index in [1.807, 2.05) is 30.3 Å². The van der Waals surface area contributed by atoms with E-state index in [1.165, 1.54) is 33.0 Å². The van der Waals surface area contributed by atoms with Crippen molar-refractivity contribution in [2.24, 2.45) is 0 Å². The molecule has 0 aliphatic rings. The Morgan fingerprint density at radius 3 is 2.12 bits per heavy atom. The lowest BCUT2D eigenvalue weighted by Crippen LogP contribution is -2.27. The number of nitrogens with one attached hydrogen (secondary N) is 1. The van der Waals surface area contributed by atoms with Gasteiger partial charge in [-0.2, -0.15) is 0 Å². The largest absolute Gasteiger partial charge is 0.493 e. The first kappa shape index (κ1) is 36.3. The second kappa shape index (κ2) is 15.7. The van der Waals surface area contributed by atoms with Gasteiger partial charge >= 0.3 is 12.1 Å². The number of amides is 1. The van der Waals surface area contributed by atoms with Crippen LogP contribution < -0.4 is 29.8 Å². The fraction of sp³-hybridized carbons (Fsp3) is 0.256. The van der Waals surface area contributed by atoms with E-state index in [2.05, 4.69) is 5.32 Å². The van der Waals surface area contributed by atoms with Crippen molar-refractivity contribution in [1.82, 2.24) is 4.57 Å². The molecule has 0 spiro atoms. The molecule has 12 nitrogen and oxygen atoms in total. The molecule has 0 aliphatic carbocycles. The molecule has 266 valence electrons. The average Bonchev–Trinajstić information content (AvgIpc) is 3.12. The van der Waals surface area contributed by atoms with E-state index in [1.54, 1.807) is 75.4 Å². The van der Waals surface area contributed by atoms with Crippen LogP contribution in [0.1, 0.15) is 36.8 Å². The van der Waals surface area contributed by atoms with E-state index in [4.69, 9.17) is 33.2 Å². The molecule has 1 N–H and O–H groups in total. The molecule has 0 unspecified atom stereocenters. The summed E-state index contributed by atoms with van der Waals surface area (Å²) in [5, 5.41) is 3.38. The standard InChI is InChI=1S/C39H40N2O10/c1-39(2,3)51-38(44)40-26-13-15-27(16-14-26)41-34(37(43)48-7)33(25-19-31(46-5)35(47-6)32(20-25)50-23-45-4)29-18-17-28(21-30(29)36(41)42)49-22-24-11-9-8-10-12-24/h8-21H,22-23H2,1-7H3,(H,40,44). The minimum Gasteiger partial charge on any atom is -0.493 e. The molecular weight excluding hydrogens is 656 g/mol. The molecule has 0 saturated heterocycles. The molecule has 0 bridgehead atoms.